The van der Waals surface area contributed by atoms with Crippen molar-refractivity contribution in [3.05, 3.63) is 67.8 Å². The van der Waals surface area contributed by atoms with Crippen LogP contribution < -0.4 is 10.5 Å². The summed E-state index contributed by atoms with van der Waals surface area (Å²) in [4.78, 5) is 30.7. The van der Waals surface area contributed by atoms with Gasteiger partial charge in [0, 0.05) is 25.7 Å². The van der Waals surface area contributed by atoms with E-state index in [9.17, 15) is 14.9 Å². The molecular formula is C25H26N4O2S2. The number of aromatic nitrogens is 1. The van der Waals surface area contributed by atoms with Crippen LogP contribution >= 0.6 is 24.0 Å². The summed E-state index contributed by atoms with van der Waals surface area (Å²) in [5.74, 6) is 0.607. The molecule has 4 rings (SSSR count). The van der Waals surface area contributed by atoms with Crippen LogP contribution in [0.25, 0.3) is 6.08 Å². The van der Waals surface area contributed by atoms with Crippen LogP contribution in [0.1, 0.15) is 54.5 Å². The van der Waals surface area contributed by atoms with Gasteiger partial charge >= 0.3 is 0 Å². The summed E-state index contributed by atoms with van der Waals surface area (Å²) in [5, 5.41) is 9.65. The first-order valence-corrected chi connectivity index (χ1v) is 12.3. The van der Waals surface area contributed by atoms with Gasteiger partial charge in [-0.25, -0.2) is 0 Å². The van der Waals surface area contributed by atoms with E-state index in [0.29, 0.717) is 14.8 Å². The Kier molecular flexibility index (Phi) is 6.73. The third-order valence-corrected chi connectivity index (χ3v) is 7.72. The molecule has 6 nitrogen and oxygen atoms in total. The van der Waals surface area contributed by atoms with Gasteiger partial charge in [-0.05, 0) is 50.3 Å². The van der Waals surface area contributed by atoms with Crippen LogP contribution in [0.4, 0.5) is 5.82 Å². The number of anilines is 1. The van der Waals surface area contributed by atoms with E-state index < -0.39 is 0 Å². The Labute approximate surface area is 203 Å². The average molecular weight is 479 g/mol. The van der Waals surface area contributed by atoms with Gasteiger partial charge < -0.3 is 4.90 Å². The molecule has 1 aromatic carbocycles. The largest absolute Gasteiger partial charge is 0.357 e. The Morgan fingerprint density at radius 2 is 1.82 bits per heavy atom. The Morgan fingerprint density at radius 3 is 2.45 bits per heavy atom. The fourth-order valence-electron chi connectivity index (χ4n) is 4.53. The first-order chi connectivity index (χ1) is 15.8. The van der Waals surface area contributed by atoms with E-state index in [1.165, 1.54) is 11.8 Å². The number of thiocarbonyl (C=S) groups is 1. The van der Waals surface area contributed by atoms with Crippen molar-refractivity contribution < 1.29 is 4.79 Å². The summed E-state index contributed by atoms with van der Waals surface area (Å²) < 4.78 is 2.06. The highest BCUT2D eigenvalue weighted by molar-refractivity contribution is 8.26. The van der Waals surface area contributed by atoms with Crippen molar-refractivity contribution in [3.63, 3.8) is 0 Å². The summed E-state index contributed by atoms with van der Waals surface area (Å²) in [6, 6.07) is 11.7. The molecule has 2 fully saturated rings. The highest BCUT2D eigenvalue weighted by atomic mass is 32.2. The zero-order valence-electron chi connectivity index (χ0n) is 19.0. The molecule has 0 saturated carbocycles. The summed E-state index contributed by atoms with van der Waals surface area (Å²) in [7, 11) is 1.70. The van der Waals surface area contributed by atoms with Crippen molar-refractivity contribution in [2.24, 2.45) is 7.05 Å². The van der Waals surface area contributed by atoms with Crippen LogP contribution in [0.3, 0.4) is 0 Å². The fraction of sp³-hybridized carbons (Fsp3) is 0.360. The van der Waals surface area contributed by atoms with Gasteiger partial charge in [-0.1, -0.05) is 54.3 Å². The normalized spacial score (nSPS) is 18.7. The van der Waals surface area contributed by atoms with Crippen LogP contribution in [-0.4, -0.2) is 32.8 Å². The third kappa shape index (κ3) is 4.23. The molecule has 0 N–H and O–H groups in total. The molecule has 0 unspecified atom stereocenters. The number of amides is 1. The van der Waals surface area contributed by atoms with Gasteiger partial charge in [-0.15, -0.1) is 0 Å². The van der Waals surface area contributed by atoms with E-state index in [4.69, 9.17) is 12.2 Å². The maximum atomic E-state index is 13.4. The number of nitrogens with zero attached hydrogens (tertiary/aromatic N) is 4. The molecule has 0 aliphatic carbocycles. The lowest BCUT2D eigenvalue weighted by atomic mass is 10.0. The minimum Gasteiger partial charge on any atom is -0.357 e. The van der Waals surface area contributed by atoms with Crippen LogP contribution in [-0.2, 0) is 11.8 Å². The van der Waals surface area contributed by atoms with Crippen molar-refractivity contribution in [1.82, 2.24) is 9.47 Å². The second-order valence-corrected chi connectivity index (χ2v) is 10.1. The Balaban J connectivity index is 1.81. The van der Waals surface area contributed by atoms with Gasteiger partial charge in [0.2, 0.25) is 0 Å². The SMILES string of the molecule is Cc1c(/C=C2\SC(=S)N([C@H](C)c3ccccc3)C2=O)c(N2CCCCC2)n(C)c(=O)c1C#N. The van der Waals surface area contributed by atoms with Crippen molar-refractivity contribution in [3.8, 4) is 6.07 Å². The smallest absolute Gasteiger partial charge is 0.270 e. The third-order valence-electron chi connectivity index (χ3n) is 6.39. The van der Waals surface area contributed by atoms with Crippen LogP contribution in [0.5, 0.6) is 0 Å². The molecule has 2 aliphatic heterocycles. The summed E-state index contributed by atoms with van der Waals surface area (Å²) in [6.45, 7) is 5.43. The fourth-order valence-corrected chi connectivity index (χ4v) is 5.93. The first-order valence-electron chi connectivity index (χ1n) is 11.1. The number of rotatable bonds is 4. The topological polar surface area (TPSA) is 69.3 Å². The quantitative estimate of drug-likeness (QED) is 0.475. The van der Waals surface area contributed by atoms with Gasteiger partial charge in [0.15, 0.2) is 0 Å². The lowest BCUT2D eigenvalue weighted by molar-refractivity contribution is -0.123. The maximum Gasteiger partial charge on any atom is 0.270 e. The maximum absolute atomic E-state index is 13.4. The van der Waals surface area contributed by atoms with Gasteiger partial charge in [0.05, 0.1) is 10.9 Å². The molecule has 33 heavy (non-hydrogen) atoms. The van der Waals surface area contributed by atoms with Gasteiger partial charge in [-0.2, -0.15) is 5.26 Å². The molecule has 8 heteroatoms. The van der Waals surface area contributed by atoms with Crippen molar-refractivity contribution in [2.75, 3.05) is 18.0 Å². The van der Waals surface area contributed by atoms with E-state index in [-0.39, 0.29) is 23.1 Å². The molecule has 2 aliphatic rings. The number of piperidine rings is 1. The Hall–Kier alpha value is -2.89. The molecule has 0 spiro atoms. The first kappa shape index (κ1) is 23.3. The van der Waals surface area contributed by atoms with Crippen molar-refractivity contribution >= 4 is 46.1 Å². The molecule has 2 saturated heterocycles. The van der Waals surface area contributed by atoms with E-state index in [1.807, 2.05) is 43.3 Å². The number of carbonyl (C=O) groups is 1. The van der Waals surface area contributed by atoms with E-state index in [0.717, 1.165) is 49.3 Å². The lowest BCUT2D eigenvalue weighted by Crippen LogP contribution is -2.36. The monoisotopic (exact) mass is 478 g/mol. The van der Waals surface area contributed by atoms with Crippen molar-refractivity contribution in [1.29, 1.82) is 5.26 Å². The molecule has 1 aromatic heterocycles. The molecule has 0 radical (unpaired) electrons. The summed E-state index contributed by atoms with van der Waals surface area (Å²) in [6.07, 6.45) is 5.06. The molecule has 2 aromatic rings. The number of hydrogen-bond acceptors (Lipinski definition) is 6. The minimum absolute atomic E-state index is 0.109. The Bertz CT molecular complexity index is 1240. The van der Waals surface area contributed by atoms with Crippen LogP contribution in [0.2, 0.25) is 0 Å². The van der Waals surface area contributed by atoms with Gasteiger partial charge in [0.1, 0.15) is 21.8 Å². The highest BCUT2D eigenvalue weighted by Crippen LogP contribution is 2.39. The zero-order valence-corrected chi connectivity index (χ0v) is 20.6. The predicted molar refractivity (Wildman–Crippen MR) is 137 cm³/mol. The summed E-state index contributed by atoms with van der Waals surface area (Å²) in [5.41, 5.74) is 2.15. The standard InChI is InChI=1S/C25H26N4O2S2/c1-16-19(22(28-12-8-5-9-13-28)27(3)23(30)20(16)15-26)14-21-24(31)29(25(32)33-21)17(2)18-10-6-4-7-11-18/h4,6-7,10-11,14,17H,5,8-9,12-13H2,1-3H3/b21-14-/t17-/m1/s1. The summed E-state index contributed by atoms with van der Waals surface area (Å²) >= 11 is 6.85. The predicted octanol–water partition coefficient (Wildman–Crippen LogP) is 4.52. The van der Waals surface area contributed by atoms with E-state index in [2.05, 4.69) is 11.0 Å². The van der Waals surface area contributed by atoms with Gasteiger partial charge in [-0.3, -0.25) is 19.1 Å². The second kappa shape index (κ2) is 9.54. The van der Waals surface area contributed by atoms with E-state index >= 15 is 0 Å². The number of thioether (sulfide) groups is 1. The second-order valence-electron chi connectivity index (χ2n) is 8.40. The Morgan fingerprint density at radius 1 is 1.15 bits per heavy atom. The minimum atomic E-state index is -0.307. The molecule has 1 amide bonds. The van der Waals surface area contributed by atoms with Gasteiger partial charge in [0.25, 0.3) is 11.5 Å². The molecule has 0 bridgehead atoms. The zero-order chi connectivity index (χ0) is 23.7. The number of benzene rings is 1. The lowest BCUT2D eigenvalue weighted by Gasteiger charge is -2.32. The molecule has 170 valence electrons. The van der Waals surface area contributed by atoms with Crippen molar-refractivity contribution in [2.45, 2.75) is 39.2 Å². The van der Waals surface area contributed by atoms with E-state index in [1.54, 1.807) is 23.4 Å². The molecule has 3 heterocycles. The highest BCUT2D eigenvalue weighted by Gasteiger charge is 2.36. The molecular weight excluding hydrogens is 452 g/mol. The number of pyridine rings is 1. The number of nitriles is 1. The van der Waals surface area contributed by atoms with Crippen LogP contribution in [0.15, 0.2) is 40.0 Å². The average Bonchev–Trinajstić information content (AvgIpc) is 3.11. The number of hydrogen-bond donors (Lipinski definition) is 0. The number of carbonyl (C=O) groups excluding carboxylic acids is 1. The molecule has 1 atom stereocenters. The van der Waals surface area contributed by atoms with Crippen LogP contribution in [0, 0.1) is 18.3 Å².